The van der Waals surface area contributed by atoms with E-state index in [0.717, 1.165) is 6.29 Å². The highest BCUT2D eigenvalue weighted by Crippen LogP contribution is 2.19. The van der Waals surface area contributed by atoms with Crippen molar-refractivity contribution in [3.8, 4) is 0 Å². The van der Waals surface area contributed by atoms with E-state index in [1.807, 2.05) is 12.1 Å². The van der Waals surface area contributed by atoms with Gasteiger partial charge < -0.3 is 4.79 Å². The van der Waals surface area contributed by atoms with Crippen molar-refractivity contribution >= 4 is 29.5 Å². The molecule has 0 aliphatic rings. The van der Waals surface area contributed by atoms with E-state index in [2.05, 4.69) is 0 Å². The maximum Gasteiger partial charge on any atom is 0.116 e. The SMILES string of the molecule is CC=O.Clc1ccccc1Cl. The lowest BCUT2D eigenvalue weighted by atomic mass is 10.4. The lowest BCUT2D eigenvalue weighted by Crippen LogP contribution is -1.62. The third-order valence-electron chi connectivity index (χ3n) is 0.824. The second-order valence-electron chi connectivity index (χ2n) is 1.65. The van der Waals surface area contributed by atoms with E-state index < -0.39 is 0 Å². The Balaban J connectivity index is 0.000000292. The second kappa shape index (κ2) is 6.20. The van der Waals surface area contributed by atoms with Crippen LogP contribution in [0.4, 0.5) is 0 Å². The molecular weight excluding hydrogens is 183 g/mol. The quantitative estimate of drug-likeness (QED) is 0.575. The Morgan fingerprint density at radius 2 is 1.45 bits per heavy atom. The summed E-state index contributed by atoms with van der Waals surface area (Å²) in [5.41, 5.74) is 0. The van der Waals surface area contributed by atoms with E-state index >= 15 is 0 Å². The molecule has 0 amide bonds. The Labute approximate surface area is 75.9 Å². The van der Waals surface area contributed by atoms with Crippen LogP contribution in [0.25, 0.3) is 0 Å². The van der Waals surface area contributed by atoms with E-state index in [0.29, 0.717) is 10.0 Å². The molecule has 1 aromatic carbocycles. The van der Waals surface area contributed by atoms with Crippen LogP contribution in [0.3, 0.4) is 0 Å². The molecule has 0 saturated carbocycles. The Kier molecular flexibility index (Phi) is 5.90. The van der Waals surface area contributed by atoms with E-state index in [1.165, 1.54) is 6.92 Å². The third kappa shape index (κ3) is 4.82. The molecule has 0 aliphatic carbocycles. The first-order valence-electron chi connectivity index (χ1n) is 3.02. The molecule has 0 bridgehead atoms. The number of halogens is 2. The fourth-order valence-electron chi connectivity index (χ4n) is 0.439. The number of carbonyl (C=O) groups is 1. The zero-order chi connectivity index (χ0) is 8.69. The van der Waals surface area contributed by atoms with Crippen molar-refractivity contribution in [2.75, 3.05) is 0 Å². The second-order valence-corrected chi connectivity index (χ2v) is 2.46. The number of aldehydes is 1. The maximum absolute atomic E-state index is 8.81. The topological polar surface area (TPSA) is 17.1 Å². The van der Waals surface area contributed by atoms with E-state index in [4.69, 9.17) is 28.0 Å². The summed E-state index contributed by atoms with van der Waals surface area (Å²) in [6, 6.07) is 7.19. The Morgan fingerprint density at radius 3 is 1.64 bits per heavy atom. The number of carbonyl (C=O) groups excluding carboxylic acids is 1. The van der Waals surface area contributed by atoms with Crippen molar-refractivity contribution in [2.45, 2.75) is 6.92 Å². The van der Waals surface area contributed by atoms with Crippen LogP contribution in [-0.2, 0) is 4.79 Å². The van der Waals surface area contributed by atoms with Crippen LogP contribution in [-0.4, -0.2) is 6.29 Å². The summed E-state index contributed by atoms with van der Waals surface area (Å²) in [5, 5.41) is 1.21. The van der Waals surface area contributed by atoms with Gasteiger partial charge in [0.25, 0.3) is 0 Å². The van der Waals surface area contributed by atoms with Gasteiger partial charge in [-0.25, -0.2) is 0 Å². The standard InChI is InChI=1S/C6H4Cl2.C2H4O/c7-5-3-1-2-4-6(5)8;1-2-3/h1-4H;2H,1H3. The number of hydrogen-bond acceptors (Lipinski definition) is 1. The van der Waals surface area contributed by atoms with E-state index in [1.54, 1.807) is 12.1 Å². The predicted octanol–water partition coefficient (Wildman–Crippen LogP) is 3.20. The van der Waals surface area contributed by atoms with Gasteiger partial charge in [-0.15, -0.1) is 0 Å². The molecule has 0 spiro atoms. The van der Waals surface area contributed by atoms with Crippen molar-refractivity contribution in [2.24, 2.45) is 0 Å². The van der Waals surface area contributed by atoms with Gasteiger partial charge in [-0.3, -0.25) is 0 Å². The summed E-state index contributed by atoms with van der Waals surface area (Å²) < 4.78 is 0. The molecule has 11 heavy (non-hydrogen) atoms. The minimum Gasteiger partial charge on any atom is -0.304 e. The highest BCUT2D eigenvalue weighted by atomic mass is 35.5. The van der Waals surface area contributed by atoms with Crippen LogP contribution in [0.2, 0.25) is 10.0 Å². The summed E-state index contributed by atoms with van der Waals surface area (Å²) >= 11 is 11.2. The largest absolute Gasteiger partial charge is 0.304 e. The Hall–Kier alpha value is -0.530. The summed E-state index contributed by atoms with van der Waals surface area (Å²) in [6.07, 6.45) is 0.750. The molecule has 60 valence electrons. The average Bonchev–Trinajstić information content (AvgIpc) is 1.97. The van der Waals surface area contributed by atoms with Gasteiger partial charge in [-0.05, 0) is 19.1 Å². The van der Waals surface area contributed by atoms with Gasteiger partial charge in [0.2, 0.25) is 0 Å². The Morgan fingerprint density at radius 1 is 1.18 bits per heavy atom. The molecule has 0 fully saturated rings. The summed E-state index contributed by atoms with van der Waals surface area (Å²) in [5.74, 6) is 0. The van der Waals surface area contributed by atoms with Crippen molar-refractivity contribution in [1.29, 1.82) is 0 Å². The van der Waals surface area contributed by atoms with E-state index in [-0.39, 0.29) is 0 Å². The van der Waals surface area contributed by atoms with Crippen LogP contribution in [0.15, 0.2) is 24.3 Å². The molecule has 0 N–H and O–H groups in total. The molecule has 0 aromatic heterocycles. The van der Waals surface area contributed by atoms with Crippen molar-refractivity contribution in [3.05, 3.63) is 34.3 Å². The first-order valence-corrected chi connectivity index (χ1v) is 3.77. The number of benzene rings is 1. The van der Waals surface area contributed by atoms with Gasteiger partial charge in [0, 0.05) is 0 Å². The molecule has 1 aromatic rings. The number of rotatable bonds is 0. The van der Waals surface area contributed by atoms with E-state index in [9.17, 15) is 0 Å². The highest BCUT2D eigenvalue weighted by Gasteiger charge is 1.89. The summed E-state index contributed by atoms with van der Waals surface area (Å²) in [4.78, 5) is 8.81. The molecule has 0 saturated heterocycles. The minimum atomic E-state index is 0.606. The lowest BCUT2D eigenvalue weighted by Gasteiger charge is -1.88. The summed E-state index contributed by atoms with van der Waals surface area (Å²) in [7, 11) is 0. The Bertz CT molecular complexity index is 202. The molecule has 0 heterocycles. The molecule has 0 radical (unpaired) electrons. The molecule has 1 nitrogen and oxygen atoms in total. The monoisotopic (exact) mass is 190 g/mol. The van der Waals surface area contributed by atoms with Crippen LogP contribution >= 0.6 is 23.2 Å². The zero-order valence-electron chi connectivity index (χ0n) is 6.05. The van der Waals surface area contributed by atoms with Gasteiger partial charge in [0.1, 0.15) is 6.29 Å². The first-order chi connectivity index (χ1) is 5.22. The van der Waals surface area contributed by atoms with Crippen LogP contribution in [0.1, 0.15) is 6.92 Å². The van der Waals surface area contributed by atoms with Gasteiger partial charge in [0.15, 0.2) is 0 Å². The zero-order valence-corrected chi connectivity index (χ0v) is 7.56. The fraction of sp³-hybridized carbons (Fsp3) is 0.125. The molecule has 3 heteroatoms. The molecule has 0 unspecified atom stereocenters. The number of hydrogen-bond donors (Lipinski definition) is 0. The van der Waals surface area contributed by atoms with Crippen molar-refractivity contribution in [3.63, 3.8) is 0 Å². The average molecular weight is 191 g/mol. The predicted molar refractivity (Wildman–Crippen MR) is 48.2 cm³/mol. The smallest absolute Gasteiger partial charge is 0.116 e. The van der Waals surface area contributed by atoms with Crippen LogP contribution in [0, 0.1) is 0 Å². The van der Waals surface area contributed by atoms with Crippen molar-refractivity contribution < 1.29 is 4.79 Å². The normalized spacial score (nSPS) is 7.91. The van der Waals surface area contributed by atoms with Crippen molar-refractivity contribution in [1.82, 2.24) is 0 Å². The molecule has 0 aliphatic heterocycles. The third-order valence-corrected chi connectivity index (χ3v) is 1.58. The van der Waals surface area contributed by atoms with Gasteiger partial charge in [-0.1, -0.05) is 35.3 Å². The minimum absolute atomic E-state index is 0.606. The summed E-state index contributed by atoms with van der Waals surface area (Å²) in [6.45, 7) is 1.44. The fourth-order valence-corrected chi connectivity index (χ4v) is 0.711. The first kappa shape index (κ1) is 10.5. The van der Waals surface area contributed by atoms with Gasteiger partial charge in [0.05, 0.1) is 10.0 Å². The molecule has 0 atom stereocenters. The molecule has 1 rings (SSSR count). The highest BCUT2D eigenvalue weighted by molar-refractivity contribution is 6.41. The van der Waals surface area contributed by atoms with Gasteiger partial charge in [-0.2, -0.15) is 0 Å². The van der Waals surface area contributed by atoms with Gasteiger partial charge >= 0.3 is 0 Å². The maximum atomic E-state index is 8.81. The molecular formula is C8H8Cl2O. The van der Waals surface area contributed by atoms with Crippen LogP contribution in [0.5, 0.6) is 0 Å². The van der Waals surface area contributed by atoms with Crippen LogP contribution < -0.4 is 0 Å². The lowest BCUT2D eigenvalue weighted by molar-refractivity contribution is -0.106.